The minimum atomic E-state index is -0.850. The topological polar surface area (TPSA) is 70.6 Å². The number of rotatable bonds is 3. The second kappa shape index (κ2) is 7.21. The van der Waals surface area contributed by atoms with Gasteiger partial charge >= 0.3 is 11.8 Å². The smallest absolute Gasteiger partial charge is 0.318 e. The number of carbonyl (C=O) groups excluding carboxylic acids is 2. The fourth-order valence-corrected chi connectivity index (χ4v) is 1.60. The number of halogens is 1. The van der Waals surface area contributed by atoms with Crippen LogP contribution < -0.4 is 10.7 Å². The van der Waals surface area contributed by atoms with E-state index < -0.39 is 11.8 Å². The normalized spacial score (nSPS) is 10.3. The molecule has 2 aromatic carbocycles. The van der Waals surface area contributed by atoms with Crippen molar-refractivity contribution in [1.29, 1.82) is 0 Å². The van der Waals surface area contributed by atoms with Crippen molar-refractivity contribution in [3.63, 3.8) is 0 Å². The molecule has 0 atom stereocenters. The molecule has 21 heavy (non-hydrogen) atoms. The molecular weight excluding hydrogens is 290 g/mol. The monoisotopic (exact) mass is 301 g/mol. The second-order valence-corrected chi connectivity index (χ2v) is 4.51. The Kier molecular flexibility index (Phi) is 5.06. The highest BCUT2D eigenvalue weighted by molar-refractivity contribution is 6.39. The van der Waals surface area contributed by atoms with Gasteiger partial charge in [0.15, 0.2) is 0 Å². The zero-order chi connectivity index (χ0) is 15.1. The number of amides is 2. The van der Waals surface area contributed by atoms with Gasteiger partial charge in [-0.05, 0) is 29.8 Å². The predicted octanol–water partition coefficient (Wildman–Crippen LogP) is 2.43. The van der Waals surface area contributed by atoms with Crippen LogP contribution in [-0.2, 0) is 9.59 Å². The molecule has 0 saturated carbocycles. The molecule has 2 rings (SSSR count). The van der Waals surface area contributed by atoms with Gasteiger partial charge in [0.05, 0.1) is 6.21 Å². The van der Waals surface area contributed by atoms with Gasteiger partial charge in [0.1, 0.15) is 0 Å². The number of hydrazone groups is 1. The van der Waals surface area contributed by atoms with Crippen molar-refractivity contribution in [2.75, 3.05) is 5.32 Å². The number of hydrogen-bond donors (Lipinski definition) is 2. The second-order valence-electron chi connectivity index (χ2n) is 4.07. The molecule has 0 unspecified atom stereocenters. The van der Waals surface area contributed by atoms with E-state index in [4.69, 9.17) is 11.6 Å². The lowest BCUT2D eigenvalue weighted by molar-refractivity contribution is -0.136. The number of hydrogen-bond acceptors (Lipinski definition) is 3. The molecule has 0 spiro atoms. The molecule has 106 valence electrons. The Bertz CT molecular complexity index is 654. The molecule has 2 N–H and O–H groups in total. The highest BCUT2D eigenvalue weighted by atomic mass is 35.5. The van der Waals surface area contributed by atoms with Crippen molar-refractivity contribution in [2.45, 2.75) is 0 Å². The Morgan fingerprint density at radius 2 is 1.62 bits per heavy atom. The molecular formula is C15H12ClN3O2. The molecule has 0 bridgehead atoms. The number of anilines is 1. The number of nitrogens with one attached hydrogen (secondary N) is 2. The van der Waals surface area contributed by atoms with Crippen molar-refractivity contribution in [3.8, 4) is 0 Å². The van der Waals surface area contributed by atoms with E-state index >= 15 is 0 Å². The maximum absolute atomic E-state index is 11.6. The van der Waals surface area contributed by atoms with Crippen LogP contribution in [-0.4, -0.2) is 18.0 Å². The van der Waals surface area contributed by atoms with Crippen LogP contribution in [0.5, 0.6) is 0 Å². The Balaban J connectivity index is 1.87. The third-order valence-corrected chi connectivity index (χ3v) is 2.74. The van der Waals surface area contributed by atoms with Gasteiger partial charge in [0.25, 0.3) is 0 Å². The highest BCUT2D eigenvalue weighted by Gasteiger charge is 2.12. The third-order valence-electron chi connectivity index (χ3n) is 2.49. The molecule has 6 heteroatoms. The molecule has 5 nitrogen and oxygen atoms in total. The molecule has 0 aliphatic rings. The van der Waals surface area contributed by atoms with E-state index in [0.717, 1.165) is 5.56 Å². The summed E-state index contributed by atoms with van der Waals surface area (Å²) in [5.74, 6) is -1.65. The van der Waals surface area contributed by atoms with Crippen molar-refractivity contribution >= 4 is 35.3 Å². The lowest BCUT2D eigenvalue weighted by Gasteiger charge is -2.03. The molecule has 0 aromatic heterocycles. The summed E-state index contributed by atoms with van der Waals surface area (Å²) in [6.45, 7) is 0. The maximum atomic E-state index is 11.6. The first-order valence-electron chi connectivity index (χ1n) is 6.10. The average Bonchev–Trinajstić information content (AvgIpc) is 2.50. The minimum Gasteiger partial charge on any atom is -0.318 e. The molecule has 0 aliphatic carbocycles. The van der Waals surface area contributed by atoms with Crippen LogP contribution in [0.25, 0.3) is 0 Å². The molecule has 0 aliphatic heterocycles. The van der Waals surface area contributed by atoms with Gasteiger partial charge < -0.3 is 5.32 Å². The zero-order valence-corrected chi connectivity index (χ0v) is 11.7. The van der Waals surface area contributed by atoms with Gasteiger partial charge in [-0.2, -0.15) is 5.10 Å². The minimum absolute atomic E-state index is 0.478. The molecule has 0 heterocycles. The fourth-order valence-electron chi connectivity index (χ4n) is 1.48. The molecule has 0 saturated heterocycles. The lowest BCUT2D eigenvalue weighted by atomic mass is 10.2. The summed E-state index contributed by atoms with van der Waals surface area (Å²) >= 11 is 5.73. The van der Waals surface area contributed by atoms with Crippen molar-refractivity contribution in [2.24, 2.45) is 5.10 Å². The molecule has 0 radical (unpaired) electrons. The first-order valence-corrected chi connectivity index (χ1v) is 6.48. The largest absolute Gasteiger partial charge is 0.329 e. The van der Waals surface area contributed by atoms with E-state index in [1.807, 2.05) is 30.3 Å². The number of carbonyl (C=O) groups is 2. The fraction of sp³-hybridized carbons (Fsp3) is 0. The van der Waals surface area contributed by atoms with Crippen LogP contribution in [0.15, 0.2) is 59.7 Å². The van der Waals surface area contributed by atoms with E-state index in [9.17, 15) is 9.59 Å². The van der Waals surface area contributed by atoms with E-state index in [2.05, 4.69) is 15.8 Å². The van der Waals surface area contributed by atoms with Crippen LogP contribution in [0.2, 0.25) is 5.02 Å². The Hall–Kier alpha value is -2.66. The van der Waals surface area contributed by atoms with Crippen LogP contribution in [0.4, 0.5) is 5.69 Å². The van der Waals surface area contributed by atoms with Crippen LogP contribution >= 0.6 is 11.6 Å². The van der Waals surface area contributed by atoms with E-state index in [1.165, 1.54) is 6.21 Å². The zero-order valence-electron chi connectivity index (χ0n) is 10.9. The summed E-state index contributed by atoms with van der Waals surface area (Å²) in [4.78, 5) is 23.2. The first kappa shape index (κ1) is 14.7. The van der Waals surface area contributed by atoms with Crippen LogP contribution in [0.1, 0.15) is 5.56 Å². The van der Waals surface area contributed by atoms with E-state index in [0.29, 0.717) is 10.7 Å². The quantitative estimate of drug-likeness (QED) is 0.519. The van der Waals surface area contributed by atoms with E-state index in [-0.39, 0.29) is 0 Å². The first-order chi connectivity index (χ1) is 10.1. The number of benzene rings is 2. The highest BCUT2D eigenvalue weighted by Crippen LogP contribution is 2.13. The molecule has 0 fully saturated rings. The maximum Gasteiger partial charge on any atom is 0.329 e. The Labute approximate surface area is 126 Å². The van der Waals surface area contributed by atoms with Crippen LogP contribution in [0.3, 0.4) is 0 Å². The summed E-state index contributed by atoms with van der Waals surface area (Å²) in [6.07, 6.45) is 1.45. The van der Waals surface area contributed by atoms with Gasteiger partial charge in [-0.1, -0.05) is 41.9 Å². The number of nitrogens with zero attached hydrogens (tertiary/aromatic N) is 1. The Morgan fingerprint density at radius 1 is 0.952 bits per heavy atom. The van der Waals surface area contributed by atoms with Gasteiger partial charge in [-0.15, -0.1) is 0 Å². The van der Waals surface area contributed by atoms with Gasteiger partial charge in [-0.3, -0.25) is 9.59 Å². The third kappa shape index (κ3) is 4.74. The van der Waals surface area contributed by atoms with Gasteiger partial charge in [0, 0.05) is 10.7 Å². The summed E-state index contributed by atoms with van der Waals surface area (Å²) in [5, 5.41) is 6.69. The average molecular weight is 302 g/mol. The van der Waals surface area contributed by atoms with Crippen molar-refractivity contribution < 1.29 is 9.59 Å². The van der Waals surface area contributed by atoms with E-state index in [1.54, 1.807) is 24.3 Å². The SMILES string of the molecule is O=C(N/N=C\c1ccccc1)C(=O)Nc1ccc(Cl)cc1. The van der Waals surface area contributed by atoms with Gasteiger partial charge in [0.2, 0.25) is 0 Å². The van der Waals surface area contributed by atoms with Gasteiger partial charge in [-0.25, -0.2) is 5.43 Å². The summed E-state index contributed by atoms with van der Waals surface area (Å²) in [5.41, 5.74) is 3.45. The van der Waals surface area contributed by atoms with Crippen molar-refractivity contribution in [1.82, 2.24) is 5.43 Å². The Morgan fingerprint density at radius 3 is 2.29 bits per heavy atom. The van der Waals surface area contributed by atoms with Crippen LogP contribution in [0, 0.1) is 0 Å². The summed E-state index contributed by atoms with van der Waals surface area (Å²) in [6, 6.07) is 15.6. The molecule has 2 amide bonds. The summed E-state index contributed by atoms with van der Waals surface area (Å²) in [7, 11) is 0. The van der Waals surface area contributed by atoms with Crippen molar-refractivity contribution in [3.05, 3.63) is 65.2 Å². The summed E-state index contributed by atoms with van der Waals surface area (Å²) < 4.78 is 0. The lowest BCUT2D eigenvalue weighted by Crippen LogP contribution is -2.32. The molecule has 2 aromatic rings. The predicted molar refractivity (Wildman–Crippen MR) is 82.3 cm³/mol. The standard InChI is InChI=1S/C15H12ClN3O2/c16-12-6-8-13(9-7-12)18-14(20)15(21)19-17-10-11-4-2-1-3-5-11/h1-10H,(H,18,20)(H,19,21)/b17-10-.